The van der Waals surface area contributed by atoms with Crippen LogP contribution in [0.5, 0.6) is 0 Å². The Morgan fingerprint density at radius 3 is 2.95 bits per heavy atom. The van der Waals surface area contributed by atoms with Gasteiger partial charge in [0, 0.05) is 24.7 Å². The normalized spacial score (nSPS) is 19.0. The SMILES string of the molecule is Cn1nccc1[C@@H]1CCCCN1C(=O)Cc1ccc(Cl)s1. The Labute approximate surface area is 133 Å². The van der Waals surface area contributed by atoms with Gasteiger partial charge >= 0.3 is 0 Å². The number of carbonyl (C=O) groups is 1. The topological polar surface area (TPSA) is 38.1 Å². The number of thiophene rings is 1. The summed E-state index contributed by atoms with van der Waals surface area (Å²) in [6.45, 7) is 0.827. The quantitative estimate of drug-likeness (QED) is 0.868. The van der Waals surface area contributed by atoms with Gasteiger partial charge in [-0.25, -0.2) is 0 Å². The van der Waals surface area contributed by atoms with E-state index in [1.165, 1.54) is 11.3 Å². The second-order valence-corrected chi connectivity index (χ2v) is 7.16. The molecule has 2 aromatic heterocycles. The van der Waals surface area contributed by atoms with E-state index in [0.29, 0.717) is 6.42 Å². The molecule has 1 atom stereocenters. The second kappa shape index (κ2) is 6.20. The Bertz CT molecular complexity index is 636. The number of halogens is 1. The molecule has 1 aliphatic rings. The van der Waals surface area contributed by atoms with Crippen molar-refractivity contribution in [1.29, 1.82) is 0 Å². The summed E-state index contributed by atoms with van der Waals surface area (Å²) >= 11 is 7.42. The number of aryl methyl sites for hydroxylation is 1. The van der Waals surface area contributed by atoms with Gasteiger partial charge in [-0.3, -0.25) is 9.48 Å². The Hall–Kier alpha value is -1.33. The number of rotatable bonds is 3. The number of nitrogens with zero attached hydrogens (tertiary/aromatic N) is 3. The molecular weight excluding hydrogens is 306 g/mol. The van der Waals surface area contributed by atoms with Crippen LogP contribution >= 0.6 is 22.9 Å². The van der Waals surface area contributed by atoms with Crippen molar-refractivity contribution in [1.82, 2.24) is 14.7 Å². The summed E-state index contributed by atoms with van der Waals surface area (Å²) in [6, 6.07) is 5.95. The molecule has 0 saturated carbocycles. The molecule has 3 rings (SSSR count). The number of hydrogen-bond acceptors (Lipinski definition) is 3. The highest BCUT2D eigenvalue weighted by atomic mass is 35.5. The third-order valence-corrected chi connectivity index (χ3v) is 5.21. The Morgan fingerprint density at radius 2 is 2.29 bits per heavy atom. The van der Waals surface area contributed by atoms with Crippen molar-refractivity contribution >= 4 is 28.8 Å². The predicted octanol–water partition coefficient (Wildman–Crippen LogP) is 3.43. The minimum atomic E-state index is 0.147. The van der Waals surface area contributed by atoms with Crippen molar-refractivity contribution in [3.8, 4) is 0 Å². The molecule has 3 heterocycles. The minimum Gasteiger partial charge on any atom is -0.334 e. The average Bonchev–Trinajstić information content (AvgIpc) is 3.07. The van der Waals surface area contributed by atoms with Crippen LogP contribution in [-0.4, -0.2) is 27.1 Å². The fourth-order valence-corrected chi connectivity index (χ4v) is 4.02. The standard InChI is InChI=1S/C15H18ClN3OS/c1-18-12(7-8-17-18)13-4-2-3-9-19(13)15(20)10-11-5-6-14(16)21-11/h5-8,13H,2-4,9-10H2,1H3/t13-/m0/s1. The van der Waals surface area contributed by atoms with Gasteiger partial charge in [-0.1, -0.05) is 11.6 Å². The highest BCUT2D eigenvalue weighted by Crippen LogP contribution is 2.31. The molecule has 1 fully saturated rings. The van der Waals surface area contributed by atoms with Gasteiger partial charge in [0.25, 0.3) is 0 Å². The van der Waals surface area contributed by atoms with Gasteiger partial charge in [-0.05, 0) is 37.5 Å². The monoisotopic (exact) mass is 323 g/mol. The van der Waals surface area contributed by atoms with Crippen molar-refractivity contribution in [2.24, 2.45) is 7.05 Å². The number of hydrogen-bond donors (Lipinski definition) is 0. The molecule has 0 radical (unpaired) electrons. The zero-order valence-corrected chi connectivity index (χ0v) is 13.5. The van der Waals surface area contributed by atoms with Gasteiger partial charge in [-0.2, -0.15) is 5.10 Å². The lowest BCUT2D eigenvalue weighted by Crippen LogP contribution is -2.40. The molecule has 0 spiro atoms. The third kappa shape index (κ3) is 3.14. The lowest BCUT2D eigenvalue weighted by molar-refractivity contribution is -0.134. The van der Waals surface area contributed by atoms with Crippen LogP contribution in [0.3, 0.4) is 0 Å². The minimum absolute atomic E-state index is 0.147. The Morgan fingerprint density at radius 1 is 1.43 bits per heavy atom. The molecule has 1 saturated heterocycles. The Kier molecular flexibility index (Phi) is 4.31. The fraction of sp³-hybridized carbons (Fsp3) is 0.467. The lowest BCUT2D eigenvalue weighted by Gasteiger charge is -2.35. The maximum Gasteiger partial charge on any atom is 0.228 e. The summed E-state index contributed by atoms with van der Waals surface area (Å²) in [4.78, 5) is 15.7. The van der Waals surface area contributed by atoms with E-state index in [-0.39, 0.29) is 11.9 Å². The van der Waals surface area contributed by atoms with E-state index >= 15 is 0 Å². The summed E-state index contributed by atoms with van der Waals surface area (Å²) in [5.74, 6) is 0.180. The molecule has 21 heavy (non-hydrogen) atoms. The van der Waals surface area contributed by atoms with Crippen molar-refractivity contribution in [3.63, 3.8) is 0 Å². The molecule has 6 heteroatoms. The van der Waals surface area contributed by atoms with Gasteiger partial charge in [0.2, 0.25) is 5.91 Å². The summed E-state index contributed by atoms with van der Waals surface area (Å²) < 4.78 is 2.61. The van der Waals surface area contributed by atoms with Crippen molar-refractivity contribution in [2.45, 2.75) is 31.7 Å². The second-order valence-electron chi connectivity index (χ2n) is 5.36. The molecule has 0 bridgehead atoms. The van der Waals surface area contributed by atoms with Gasteiger partial charge in [0.05, 0.1) is 22.5 Å². The highest BCUT2D eigenvalue weighted by Gasteiger charge is 2.29. The summed E-state index contributed by atoms with van der Waals surface area (Å²) in [6.07, 6.45) is 5.48. The summed E-state index contributed by atoms with van der Waals surface area (Å²) in [5, 5.41) is 4.24. The largest absolute Gasteiger partial charge is 0.334 e. The van der Waals surface area contributed by atoms with E-state index in [0.717, 1.165) is 40.7 Å². The van der Waals surface area contributed by atoms with Crippen LogP contribution in [0.15, 0.2) is 24.4 Å². The van der Waals surface area contributed by atoms with Gasteiger partial charge < -0.3 is 4.90 Å². The van der Waals surface area contributed by atoms with Crippen molar-refractivity contribution in [3.05, 3.63) is 39.3 Å². The maximum absolute atomic E-state index is 12.7. The van der Waals surface area contributed by atoms with E-state index < -0.39 is 0 Å². The molecule has 0 N–H and O–H groups in total. The highest BCUT2D eigenvalue weighted by molar-refractivity contribution is 7.16. The summed E-state index contributed by atoms with van der Waals surface area (Å²) in [5.41, 5.74) is 1.12. The first-order valence-corrected chi connectivity index (χ1v) is 8.36. The zero-order chi connectivity index (χ0) is 14.8. The molecule has 2 aromatic rings. The smallest absolute Gasteiger partial charge is 0.228 e. The lowest BCUT2D eigenvalue weighted by atomic mass is 9.98. The predicted molar refractivity (Wildman–Crippen MR) is 84.5 cm³/mol. The van der Waals surface area contributed by atoms with Gasteiger partial charge in [-0.15, -0.1) is 11.3 Å². The Balaban J connectivity index is 1.77. The molecule has 0 unspecified atom stereocenters. The van der Waals surface area contributed by atoms with Crippen LogP contribution in [0.25, 0.3) is 0 Å². The van der Waals surface area contributed by atoms with E-state index in [9.17, 15) is 4.79 Å². The maximum atomic E-state index is 12.7. The third-order valence-electron chi connectivity index (χ3n) is 3.98. The first-order valence-electron chi connectivity index (χ1n) is 7.17. The number of aromatic nitrogens is 2. The first kappa shape index (κ1) is 14.6. The molecule has 1 amide bonds. The fourth-order valence-electron chi connectivity index (χ4n) is 2.95. The van der Waals surface area contributed by atoms with Crippen LogP contribution in [-0.2, 0) is 18.3 Å². The first-order chi connectivity index (χ1) is 10.1. The van der Waals surface area contributed by atoms with E-state index in [1.807, 2.05) is 34.8 Å². The number of amides is 1. The molecular formula is C15H18ClN3OS. The molecule has 1 aliphatic heterocycles. The molecule has 4 nitrogen and oxygen atoms in total. The van der Waals surface area contributed by atoms with Crippen LogP contribution < -0.4 is 0 Å². The molecule has 112 valence electrons. The molecule has 0 aromatic carbocycles. The van der Waals surface area contributed by atoms with Crippen molar-refractivity contribution in [2.75, 3.05) is 6.54 Å². The summed E-state index contributed by atoms with van der Waals surface area (Å²) in [7, 11) is 1.94. The van der Waals surface area contributed by atoms with Crippen molar-refractivity contribution < 1.29 is 4.79 Å². The van der Waals surface area contributed by atoms with E-state index in [4.69, 9.17) is 11.6 Å². The average molecular weight is 324 g/mol. The number of piperidine rings is 1. The van der Waals surface area contributed by atoms with Crippen LogP contribution in [0.1, 0.15) is 35.9 Å². The van der Waals surface area contributed by atoms with Crippen LogP contribution in [0.2, 0.25) is 4.34 Å². The zero-order valence-electron chi connectivity index (χ0n) is 12.0. The van der Waals surface area contributed by atoms with E-state index in [1.54, 1.807) is 6.20 Å². The van der Waals surface area contributed by atoms with Gasteiger partial charge in [0.15, 0.2) is 0 Å². The van der Waals surface area contributed by atoms with Crippen LogP contribution in [0.4, 0.5) is 0 Å². The number of likely N-dealkylation sites (tertiary alicyclic amines) is 1. The van der Waals surface area contributed by atoms with Crippen LogP contribution in [0, 0.1) is 0 Å². The number of carbonyl (C=O) groups excluding carboxylic acids is 1. The molecule has 0 aliphatic carbocycles. The van der Waals surface area contributed by atoms with Gasteiger partial charge in [0.1, 0.15) is 0 Å². The van der Waals surface area contributed by atoms with E-state index in [2.05, 4.69) is 5.10 Å².